The maximum Gasteiger partial charge on any atom is 0.325 e. The Morgan fingerprint density at radius 2 is 2.27 bits per heavy atom. The van der Waals surface area contributed by atoms with Crippen molar-refractivity contribution in [1.82, 2.24) is 4.98 Å². The van der Waals surface area contributed by atoms with Gasteiger partial charge in [-0.15, -0.1) is 0 Å². The second-order valence-corrected chi connectivity index (χ2v) is 2.89. The van der Waals surface area contributed by atoms with Gasteiger partial charge in [-0.2, -0.15) is 0 Å². The number of hydrogen-bond acceptors (Lipinski definition) is 4. The smallest absolute Gasteiger partial charge is 0.325 e. The van der Waals surface area contributed by atoms with Gasteiger partial charge in [0, 0.05) is 13.1 Å². The number of pyridine rings is 1. The Bertz CT molecular complexity index is 371. The molecular weight excluding hydrogens is 206 g/mol. The van der Waals surface area contributed by atoms with Crippen LogP contribution >= 0.6 is 0 Å². The van der Waals surface area contributed by atoms with Gasteiger partial charge in [0.1, 0.15) is 12.4 Å². The highest BCUT2D eigenvalue weighted by Gasteiger charge is 2.13. The molecular formula is C9H10F2N2O2. The summed E-state index contributed by atoms with van der Waals surface area (Å²) < 4.78 is 30.1. The minimum atomic E-state index is -0.818. The van der Waals surface area contributed by atoms with Crippen LogP contribution in [0.2, 0.25) is 0 Å². The fourth-order valence-corrected chi connectivity index (χ4v) is 1.02. The van der Waals surface area contributed by atoms with Gasteiger partial charge >= 0.3 is 5.97 Å². The van der Waals surface area contributed by atoms with Crippen molar-refractivity contribution < 1.29 is 18.3 Å². The molecule has 0 bridgehead atoms. The van der Waals surface area contributed by atoms with Crippen LogP contribution in [-0.4, -0.2) is 31.7 Å². The summed E-state index contributed by atoms with van der Waals surface area (Å²) in [6, 6.07) is 0.704. The molecule has 0 unspecified atom stereocenters. The van der Waals surface area contributed by atoms with Crippen molar-refractivity contribution in [3.05, 3.63) is 23.9 Å². The van der Waals surface area contributed by atoms with E-state index in [1.807, 2.05) is 0 Å². The highest BCUT2D eigenvalue weighted by Crippen LogP contribution is 2.14. The fraction of sp³-hybridized carbons (Fsp3) is 0.333. The molecule has 0 aliphatic rings. The lowest BCUT2D eigenvalue weighted by atomic mass is 10.4. The molecule has 1 heterocycles. The first-order chi connectivity index (χ1) is 7.04. The minimum Gasteiger partial charge on any atom is -0.468 e. The molecule has 0 aliphatic carbocycles. The van der Waals surface area contributed by atoms with Crippen LogP contribution in [0.25, 0.3) is 0 Å². The zero-order chi connectivity index (χ0) is 11.4. The largest absolute Gasteiger partial charge is 0.468 e. The van der Waals surface area contributed by atoms with Crippen LogP contribution in [0.15, 0.2) is 12.3 Å². The summed E-state index contributed by atoms with van der Waals surface area (Å²) in [5, 5.41) is 0. The van der Waals surface area contributed by atoms with Crippen molar-refractivity contribution in [2.24, 2.45) is 0 Å². The third-order valence-corrected chi connectivity index (χ3v) is 1.74. The quantitative estimate of drug-likeness (QED) is 0.706. The van der Waals surface area contributed by atoms with Gasteiger partial charge in [-0.1, -0.05) is 0 Å². The number of halogens is 2. The van der Waals surface area contributed by atoms with Gasteiger partial charge in [-0.3, -0.25) is 4.79 Å². The number of likely N-dealkylation sites (N-methyl/N-ethyl adjacent to an activating group) is 1. The van der Waals surface area contributed by atoms with Gasteiger partial charge in [0.2, 0.25) is 0 Å². The molecule has 0 radical (unpaired) electrons. The van der Waals surface area contributed by atoms with E-state index in [0.717, 1.165) is 6.20 Å². The standard InChI is InChI=1S/C9H10F2N2O2/c1-13(5-8(14)15-2)9-7(11)3-6(10)4-12-9/h3-4H,5H2,1-2H3. The number of anilines is 1. The van der Waals surface area contributed by atoms with Gasteiger partial charge in [-0.25, -0.2) is 13.8 Å². The van der Waals surface area contributed by atoms with E-state index in [0.29, 0.717) is 6.07 Å². The zero-order valence-corrected chi connectivity index (χ0v) is 8.33. The first-order valence-electron chi connectivity index (χ1n) is 4.13. The van der Waals surface area contributed by atoms with Gasteiger partial charge in [0.05, 0.1) is 13.3 Å². The minimum absolute atomic E-state index is 0.0956. The summed E-state index contributed by atoms with van der Waals surface area (Å²) >= 11 is 0. The zero-order valence-electron chi connectivity index (χ0n) is 8.33. The molecule has 0 saturated heterocycles. The third kappa shape index (κ3) is 2.87. The molecule has 0 fully saturated rings. The lowest BCUT2D eigenvalue weighted by molar-refractivity contribution is -0.138. The molecule has 0 amide bonds. The van der Waals surface area contributed by atoms with E-state index >= 15 is 0 Å². The predicted molar refractivity (Wildman–Crippen MR) is 49.4 cm³/mol. The Labute approximate surface area is 85.5 Å². The van der Waals surface area contributed by atoms with E-state index in [2.05, 4.69) is 9.72 Å². The molecule has 82 valence electrons. The van der Waals surface area contributed by atoms with Crippen molar-refractivity contribution >= 4 is 11.8 Å². The van der Waals surface area contributed by atoms with Crippen molar-refractivity contribution in [2.45, 2.75) is 0 Å². The van der Waals surface area contributed by atoms with E-state index in [1.54, 1.807) is 0 Å². The molecule has 0 saturated carbocycles. The normalized spacial score (nSPS) is 9.87. The van der Waals surface area contributed by atoms with Gasteiger partial charge in [0.25, 0.3) is 0 Å². The Hall–Kier alpha value is -1.72. The fourth-order valence-electron chi connectivity index (χ4n) is 1.02. The summed E-state index contributed by atoms with van der Waals surface area (Å²) in [5.74, 6) is -2.20. The van der Waals surface area contributed by atoms with E-state index in [9.17, 15) is 13.6 Å². The summed E-state index contributed by atoms with van der Waals surface area (Å²) in [4.78, 5) is 15.7. The Morgan fingerprint density at radius 3 is 2.80 bits per heavy atom. The molecule has 0 N–H and O–H groups in total. The van der Waals surface area contributed by atoms with E-state index < -0.39 is 17.6 Å². The first kappa shape index (κ1) is 11.4. The van der Waals surface area contributed by atoms with E-state index in [-0.39, 0.29) is 12.4 Å². The van der Waals surface area contributed by atoms with E-state index in [4.69, 9.17) is 0 Å². The molecule has 0 aromatic carbocycles. The monoisotopic (exact) mass is 216 g/mol. The third-order valence-electron chi connectivity index (χ3n) is 1.74. The van der Waals surface area contributed by atoms with Crippen molar-refractivity contribution in [3.63, 3.8) is 0 Å². The van der Waals surface area contributed by atoms with E-state index in [1.165, 1.54) is 19.1 Å². The van der Waals surface area contributed by atoms with Crippen LogP contribution in [0.1, 0.15) is 0 Å². The van der Waals surface area contributed by atoms with Crippen molar-refractivity contribution in [2.75, 3.05) is 25.6 Å². The van der Waals surface area contributed by atoms with Crippen molar-refractivity contribution in [3.8, 4) is 0 Å². The second kappa shape index (κ2) is 4.68. The molecule has 1 rings (SSSR count). The highest BCUT2D eigenvalue weighted by atomic mass is 19.1. The molecule has 0 aliphatic heterocycles. The summed E-state index contributed by atoms with van der Waals surface area (Å²) in [7, 11) is 2.69. The number of carbonyl (C=O) groups is 1. The number of aromatic nitrogens is 1. The number of ether oxygens (including phenoxy) is 1. The number of hydrogen-bond donors (Lipinski definition) is 0. The summed E-state index contributed by atoms with van der Waals surface area (Å²) in [5.41, 5.74) is 0. The Morgan fingerprint density at radius 1 is 1.60 bits per heavy atom. The van der Waals surface area contributed by atoms with Crippen LogP contribution in [0.3, 0.4) is 0 Å². The average Bonchev–Trinajstić information content (AvgIpc) is 2.17. The number of rotatable bonds is 3. The number of nitrogens with zero attached hydrogens (tertiary/aromatic N) is 2. The van der Waals surface area contributed by atoms with Crippen LogP contribution in [-0.2, 0) is 9.53 Å². The summed E-state index contributed by atoms with van der Waals surface area (Å²) in [6.07, 6.45) is 0.881. The molecule has 4 nitrogen and oxygen atoms in total. The SMILES string of the molecule is COC(=O)CN(C)c1ncc(F)cc1F. The molecule has 1 aromatic rings. The number of carbonyl (C=O) groups excluding carboxylic acids is 1. The van der Waals surface area contributed by atoms with Crippen LogP contribution < -0.4 is 4.90 Å². The topological polar surface area (TPSA) is 42.4 Å². The van der Waals surface area contributed by atoms with Crippen LogP contribution in [0.5, 0.6) is 0 Å². The van der Waals surface area contributed by atoms with Crippen LogP contribution in [0, 0.1) is 11.6 Å². The lowest BCUT2D eigenvalue weighted by Crippen LogP contribution is -2.28. The maximum absolute atomic E-state index is 13.2. The molecule has 0 spiro atoms. The first-order valence-corrected chi connectivity index (χ1v) is 4.13. The molecule has 15 heavy (non-hydrogen) atoms. The van der Waals surface area contributed by atoms with Crippen LogP contribution in [0.4, 0.5) is 14.6 Å². The lowest BCUT2D eigenvalue weighted by Gasteiger charge is -2.16. The average molecular weight is 216 g/mol. The molecule has 1 aromatic heterocycles. The maximum atomic E-state index is 13.2. The predicted octanol–water partition coefficient (Wildman–Crippen LogP) is 0.969. The van der Waals surface area contributed by atoms with Crippen molar-refractivity contribution in [1.29, 1.82) is 0 Å². The molecule has 6 heteroatoms. The number of esters is 1. The van der Waals surface area contributed by atoms with Gasteiger partial charge in [0.15, 0.2) is 11.6 Å². The Kier molecular flexibility index (Phi) is 3.54. The van der Waals surface area contributed by atoms with Gasteiger partial charge in [-0.05, 0) is 0 Å². The number of methoxy groups -OCH3 is 1. The summed E-state index contributed by atoms with van der Waals surface area (Å²) in [6.45, 7) is -0.147. The second-order valence-electron chi connectivity index (χ2n) is 2.89. The molecule has 0 atom stereocenters. The Balaban J connectivity index is 2.82. The van der Waals surface area contributed by atoms with Gasteiger partial charge < -0.3 is 9.64 Å². The highest BCUT2D eigenvalue weighted by molar-refractivity contribution is 5.75.